The fourth-order valence-electron chi connectivity index (χ4n) is 3.84. The molecule has 0 unspecified atom stereocenters. The van der Waals surface area contributed by atoms with Crippen molar-refractivity contribution in [2.45, 2.75) is 13.0 Å². The second-order valence-corrected chi connectivity index (χ2v) is 8.01. The maximum atomic E-state index is 12.9. The zero-order valence-electron chi connectivity index (χ0n) is 18.6. The second-order valence-electron chi connectivity index (χ2n) is 8.01. The Morgan fingerprint density at radius 2 is 1.58 bits per heavy atom. The van der Waals surface area contributed by atoms with E-state index in [2.05, 4.69) is 30.4 Å². The van der Waals surface area contributed by atoms with E-state index in [0.29, 0.717) is 17.2 Å². The average Bonchev–Trinajstić information content (AvgIpc) is 2.86. The van der Waals surface area contributed by atoms with Gasteiger partial charge in [-0.1, -0.05) is 42.5 Å². The summed E-state index contributed by atoms with van der Waals surface area (Å²) < 4.78 is 0. The van der Waals surface area contributed by atoms with E-state index < -0.39 is 0 Å². The van der Waals surface area contributed by atoms with E-state index in [1.54, 1.807) is 36.7 Å². The van der Waals surface area contributed by atoms with Crippen LogP contribution >= 0.6 is 0 Å². The highest BCUT2D eigenvalue weighted by atomic mass is 16.2. The van der Waals surface area contributed by atoms with Gasteiger partial charge in [-0.15, -0.1) is 0 Å². The SMILES string of the molecule is C[C@H](NC(=O)c1ccccc1NC(=O)CN1CCN(c2ncccn2)CC1)c1ccccc1. The number of hydrogen-bond donors (Lipinski definition) is 2. The minimum Gasteiger partial charge on any atom is -0.345 e. The largest absolute Gasteiger partial charge is 0.345 e. The van der Waals surface area contributed by atoms with Crippen molar-refractivity contribution >= 4 is 23.5 Å². The van der Waals surface area contributed by atoms with Crippen molar-refractivity contribution < 1.29 is 9.59 Å². The third-order valence-electron chi connectivity index (χ3n) is 5.67. The molecule has 1 aromatic heterocycles. The Labute approximate surface area is 193 Å². The maximum Gasteiger partial charge on any atom is 0.253 e. The smallest absolute Gasteiger partial charge is 0.253 e. The molecule has 1 aliphatic rings. The number of rotatable bonds is 7. The zero-order chi connectivity index (χ0) is 23.0. The lowest BCUT2D eigenvalue weighted by Gasteiger charge is -2.34. The summed E-state index contributed by atoms with van der Waals surface area (Å²) in [6.07, 6.45) is 3.46. The molecule has 0 radical (unpaired) electrons. The van der Waals surface area contributed by atoms with Crippen molar-refractivity contribution in [2.24, 2.45) is 0 Å². The minimum atomic E-state index is -0.223. The molecule has 0 bridgehead atoms. The zero-order valence-corrected chi connectivity index (χ0v) is 18.6. The summed E-state index contributed by atoms with van der Waals surface area (Å²) in [7, 11) is 0. The van der Waals surface area contributed by atoms with Crippen molar-refractivity contribution in [1.82, 2.24) is 20.2 Å². The summed E-state index contributed by atoms with van der Waals surface area (Å²) in [5.74, 6) is 0.348. The molecular formula is C25H28N6O2. The molecule has 1 saturated heterocycles. The number of carbonyl (C=O) groups is 2. The van der Waals surface area contributed by atoms with Gasteiger partial charge in [0.2, 0.25) is 11.9 Å². The lowest BCUT2D eigenvalue weighted by atomic mass is 10.1. The molecule has 8 nitrogen and oxygen atoms in total. The molecule has 1 aliphatic heterocycles. The van der Waals surface area contributed by atoms with Crippen LogP contribution < -0.4 is 15.5 Å². The lowest BCUT2D eigenvalue weighted by Crippen LogP contribution is -2.49. The van der Waals surface area contributed by atoms with Crippen LogP contribution in [0.1, 0.15) is 28.9 Å². The van der Waals surface area contributed by atoms with E-state index in [1.165, 1.54) is 0 Å². The average molecular weight is 445 g/mol. The normalized spacial score (nSPS) is 15.0. The molecule has 170 valence electrons. The quantitative estimate of drug-likeness (QED) is 0.582. The first kappa shape index (κ1) is 22.4. The number of carbonyl (C=O) groups excluding carboxylic acids is 2. The summed E-state index contributed by atoms with van der Waals surface area (Å²) in [5, 5.41) is 5.92. The Hall–Kier alpha value is -3.78. The Balaban J connectivity index is 1.32. The third-order valence-corrected chi connectivity index (χ3v) is 5.67. The summed E-state index contributed by atoms with van der Waals surface area (Å²) in [4.78, 5) is 38.4. The highest BCUT2D eigenvalue weighted by Gasteiger charge is 2.21. The first-order valence-corrected chi connectivity index (χ1v) is 11.1. The minimum absolute atomic E-state index is 0.143. The second kappa shape index (κ2) is 10.7. The van der Waals surface area contributed by atoms with E-state index in [0.717, 1.165) is 31.7 Å². The van der Waals surface area contributed by atoms with Crippen LogP contribution in [0, 0.1) is 0 Å². The fourth-order valence-corrected chi connectivity index (χ4v) is 3.84. The van der Waals surface area contributed by atoms with Crippen LogP contribution in [-0.2, 0) is 4.79 Å². The van der Waals surface area contributed by atoms with E-state index in [1.807, 2.05) is 43.3 Å². The molecular weight excluding hydrogens is 416 g/mol. The van der Waals surface area contributed by atoms with Crippen molar-refractivity contribution in [3.8, 4) is 0 Å². The summed E-state index contributed by atoms with van der Waals surface area (Å²) in [6.45, 7) is 5.19. The predicted octanol–water partition coefficient (Wildman–Crippen LogP) is 2.73. The maximum absolute atomic E-state index is 12.9. The highest BCUT2D eigenvalue weighted by Crippen LogP contribution is 2.18. The van der Waals surface area contributed by atoms with Crippen LogP contribution in [0.3, 0.4) is 0 Å². The first-order chi connectivity index (χ1) is 16.1. The van der Waals surface area contributed by atoms with E-state index in [-0.39, 0.29) is 24.4 Å². The van der Waals surface area contributed by atoms with E-state index in [4.69, 9.17) is 0 Å². The van der Waals surface area contributed by atoms with Gasteiger partial charge in [-0.05, 0) is 30.7 Å². The first-order valence-electron chi connectivity index (χ1n) is 11.1. The van der Waals surface area contributed by atoms with Gasteiger partial charge in [-0.2, -0.15) is 0 Å². The Morgan fingerprint density at radius 1 is 0.909 bits per heavy atom. The van der Waals surface area contributed by atoms with Crippen LogP contribution in [0.25, 0.3) is 0 Å². The number of benzene rings is 2. The molecule has 0 aliphatic carbocycles. The van der Waals surface area contributed by atoms with Crippen LogP contribution in [0.5, 0.6) is 0 Å². The lowest BCUT2D eigenvalue weighted by molar-refractivity contribution is -0.117. The van der Waals surface area contributed by atoms with Crippen LogP contribution in [0.2, 0.25) is 0 Å². The number of nitrogens with one attached hydrogen (secondary N) is 2. The third kappa shape index (κ3) is 5.93. The molecule has 3 aromatic rings. The molecule has 2 amide bonds. The number of hydrogen-bond acceptors (Lipinski definition) is 6. The topological polar surface area (TPSA) is 90.5 Å². The highest BCUT2D eigenvalue weighted by molar-refractivity contribution is 6.04. The number of anilines is 2. The Morgan fingerprint density at radius 3 is 2.30 bits per heavy atom. The molecule has 2 aromatic carbocycles. The van der Waals surface area contributed by atoms with Gasteiger partial charge in [0.05, 0.1) is 23.8 Å². The molecule has 1 fully saturated rings. The van der Waals surface area contributed by atoms with Gasteiger partial charge in [-0.3, -0.25) is 14.5 Å². The van der Waals surface area contributed by atoms with E-state index >= 15 is 0 Å². The predicted molar refractivity (Wildman–Crippen MR) is 128 cm³/mol. The Bertz CT molecular complexity index is 1070. The standard InChI is InChI=1S/C25H28N6O2/c1-19(20-8-3-2-4-9-20)28-24(33)21-10-5-6-11-22(21)29-23(32)18-30-14-16-31(17-15-30)25-26-12-7-13-27-25/h2-13,19H,14-18H2,1H3,(H,28,33)(H,29,32)/t19-/m0/s1. The van der Waals surface area contributed by atoms with Gasteiger partial charge in [0.25, 0.3) is 5.91 Å². The van der Waals surface area contributed by atoms with Crippen LogP contribution in [0.4, 0.5) is 11.6 Å². The number of aromatic nitrogens is 2. The summed E-state index contributed by atoms with van der Waals surface area (Å²) in [5.41, 5.74) is 1.98. The van der Waals surface area contributed by atoms with Crippen molar-refractivity contribution in [3.63, 3.8) is 0 Å². The number of piperazine rings is 1. The molecule has 33 heavy (non-hydrogen) atoms. The summed E-state index contributed by atoms with van der Waals surface area (Å²) in [6, 6.07) is 18.5. The molecule has 4 rings (SSSR count). The molecule has 1 atom stereocenters. The van der Waals surface area contributed by atoms with Gasteiger partial charge < -0.3 is 15.5 Å². The van der Waals surface area contributed by atoms with Gasteiger partial charge >= 0.3 is 0 Å². The Kier molecular flexibility index (Phi) is 7.26. The van der Waals surface area contributed by atoms with Crippen molar-refractivity contribution in [1.29, 1.82) is 0 Å². The molecule has 2 N–H and O–H groups in total. The van der Waals surface area contributed by atoms with Gasteiger partial charge in [0.15, 0.2) is 0 Å². The van der Waals surface area contributed by atoms with Gasteiger partial charge in [0, 0.05) is 38.6 Å². The molecule has 8 heteroatoms. The summed E-state index contributed by atoms with van der Waals surface area (Å²) >= 11 is 0. The number of amides is 2. The van der Waals surface area contributed by atoms with Crippen LogP contribution in [-0.4, -0.2) is 59.4 Å². The van der Waals surface area contributed by atoms with E-state index in [9.17, 15) is 9.59 Å². The van der Waals surface area contributed by atoms with Crippen molar-refractivity contribution in [2.75, 3.05) is 42.9 Å². The molecule has 2 heterocycles. The number of nitrogens with zero attached hydrogens (tertiary/aromatic N) is 4. The van der Waals surface area contributed by atoms with Gasteiger partial charge in [0.1, 0.15) is 0 Å². The van der Waals surface area contributed by atoms with Crippen molar-refractivity contribution in [3.05, 3.63) is 84.2 Å². The monoisotopic (exact) mass is 444 g/mol. The van der Waals surface area contributed by atoms with Gasteiger partial charge in [-0.25, -0.2) is 9.97 Å². The fraction of sp³-hybridized carbons (Fsp3) is 0.280. The molecule has 0 saturated carbocycles. The van der Waals surface area contributed by atoms with Crippen LogP contribution in [0.15, 0.2) is 73.1 Å². The number of para-hydroxylation sites is 1. The molecule has 0 spiro atoms.